The van der Waals surface area contributed by atoms with Gasteiger partial charge >= 0.3 is 0 Å². The zero-order chi connectivity index (χ0) is 25.6. The number of nitrogens with one attached hydrogen (secondary N) is 1. The van der Waals surface area contributed by atoms with E-state index < -0.39 is 0 Å². The van der Waals surface area contributed by atoms with Crippen molar-refractivity contribution in [2.24, 2.45) is 0 Å². The smallest absolute Gasteiger partial charge is 0.180 e. The van der Waals surface area contributed by atoms with Gasteiger partial charge in [-0.1, -0.05) is 55.5 Å². The quantitative estimate of drug-likeness (QED) is 0.334. The van der Waals surface area contributed by atoms with Crippen molar-refractivity contribution in [1.82, 2.24) is 35.1 Å². The largest absolute Gasteiger partial charge is 0.383 e. The molecule has 0 fully saturated rings. The maximum absolute atomic E-state index is 5.38. The standard InChI is InChI=1S/C27H34N8O2/c1-4-25-28-27-24(18-33(13-15-36-2)19-34(27)14-16-37-3)35(25)17-20-9-11-21(12-10-20)22-7-5-6-8-23(22)26-29-31-32-30-26/h5-12H,4,13-19H2,1-3H3,(H,29,30,31,32). The van der Waals surface area contributed by atoms with Crippen LogP contribution >= 0.6 is 0 Å². The van der Waals surface area contributed by atoms with Gasteiger partial charge in [0.05, 0.1) is 25.6 Å². The van der Waals surface area contributed by atoms with Crippen LogP contribution in [-0.2, 0) is 29.0 Å². The zero-order valence-corrected chi connectivity index (χ0v) is 21.7. The van der Waals surface area contributed by atoms with E-state index in [1.807, 2.05) is 18.2 Å². The lowest BCUT2D eigenvalue weighted by atomic mass is 9.98. The van der Waals surface area contributed by atoms with Gasteiger partial charge in [0.15, 0.2) is 11.6 Å². The highest BCUT2D eigenvalue weighted by Crippen LogP contribution is 2.31. The first-order valence-corrected chi connectivity index (χ1v) is 12.7. The number of hydrogen-bond donors (Lipinski definition) is 1. The Morgan fingerprint density at radius 2 is 1.70 bits per heavy atom. The van der Waals surface area contributed by atoms with E-state index in [1.54, 1.807) is 14.2 Å². The maximum atomic E-state index is 5.38. The van der Waals surface area contributed by atoms with Crippen LogP contribution in [0, 0.1) is 0 Å². The third-order valence-electron chi connectivity index (χ3n) is 6.80. The number of nitrogens with zero attached hydrogens (tertiary/aromatic N) is 7. The number of rotatable bonds is 11. The molecule has 0 bridgehead atoms. The highest BCUT2D eigenvalue weighted by molar-refractivity contribution is 5.80. The number of imidazole rings is 1. The fraction of sp³-hybridized carbons (Fsp3) is 0.407. The number of anilines is 1. The van der Waals surface area contributed by atoms with Crippen molar-refractivity contribution >= 4 is 5.82 Å². The Kier molecular flexibility index (Phi) is 7.88. The summed E-state index contributed by atoms with van der Waals surface area (Å²) in [5, 5.41) is 14.4. The van der Waals surface area contributed by atoms with Crippen LogP contribution in [-0.4, -0.2) is 82.3 Å². The van der Waals surface area contributed by atoms with Crippen LogP contribution in [0.5, 0.6) is 0 Å². The summed E-state index contributed by atoms with van der Waals surface area (Å²) in [5.41, 5.74) is 5.67. The molecule has 0 radical (unpaired) electrons. The van der Waals surface area contributed by atoms with Crippen LogP contribution in [0.4, 0.5) is 5.82 Å². The van der Waals surface area contributed by atoms with E-state index >= 15 is 0 Å². The lowest BCUT2D eigenvalue weighted by Gasteiger charge is -2.36. The fourth-order valence-electron chi connectivity index (χ4n) is 4.89. The normalized spacial score (nSPS) is 13.8. The van der Waals surface area contributed by atoms with Gasteiger partial charge in [-0.05, 0) is 27.1 Å². The van der Waals surface area contributed by atoms with Gasteiger partial charge in [-0.25, -0.2) is 10.1 Å². The van der Waals surface area contributed by atoms with Crippen LogP contribution < -0.4 is 4.90 Å². The van der Waals surface area contributed by atoms with Crippen LogP contribution in [0.25, 0.3) is 22.5 Å². The summed E-state index contributed by atoms with van der Waals surface area (Å²) in [6.07, 6.45) is 0.875. The van der Waals surface area contributed by atoms with Gasteiger partial charge < -0.3 is 18.9 Å². The van der Waals surface area contributed by atoms with Crippen molar-refractivity contribution in [3.05, 3.63) is 65.6 Å². The number of H-pyrrole nitrogens is 1. The van der Waals surface area contributed by atoms with Crippen LogP contribution in [0.2, 0.25) is 0 Å². The lowest BCUT2D eigenvalue weighted by molar-refractivity contribution is 0.135. The molecule has 0 saturated heterocycles. The van der Waals surface area contributed by atoms with Gasteiger partial charge in [-0.2, -0.15) is 0 Å². The number of aromatic amines is 1. The lowest BCUT2D eigenvalue weighted by Crippen LogP contribution is -2.45. The summed E-state index contributed by atoms with van der Waals surface area (Å²) < 4.78 is 13.1. The molecule has 194 valence electrons. The minimum absolute atomic E-state index is 0.661. The van der Waals surface area contributed by atoms with Gasteiger partial charge in [-0.15, -0.1) is 5.10 Å². The molecule has 10 nitrogen and oxygen atoms in total. The summed E-state index contributed by atoms with van der Waals surface area (Å²) >= 11 is 0. The second-order valence-corrected chi connectivity index (χ2v) is 9.17. The highest BCUT2D eigenvalue weighted by Gasteiger charge is 2.28. The molecule has 37 heavy (non-hydrogen) atoms. The van der Waals surface area contributed by atoms with Crippen LogP contribution in [0.15, 0.2) is 48.5 Å². The summed E-state index contributed by atoms with van der Waals surface area (Å²) in [5.74, 6) is 2.84. The van der Waals surface area contributed by atoms with E-state index in [-0.39, 0.29) is 0 Å². The molecule has 5 rings (SSSR count). The maximum Gasteiger partial charge on any atom is 0.180 e. The van der Waals surface area contributed by atoms with Crippen LogP contribution in [0.1, 0.15) is 24.0 Å². The Morgan fingerprint density at radius 1 is 0.946 bits per heavy atom. The minimum atomic E-state index is 0.661. The number of aromatic nitrogens is 6. The third-order valence-corrected chi connectivity index (χ3v) is 6.80. The topological polar surface area (TPSA) is 97.2 Å². The predicted molar refractivity (Wildman–Crippen MR) is 142 cm³/mol. The van der Waals surface area contributed by atoms with E-state index in [2.05, 4.69) is 72.2 Å². The molecule has 3 heterocycles. The summed E-state index contributed by atoms with van der Waals surface area (Å²) in [7, 11) is 3.50. The molecule has 1 aliphatic heterocycles. The molecule has 0 atom stereocenters. The molecular formula is C27H34N8O2. The molecule has 0 unspecified atom stereocenters. The second kappa shape index (κ2) is 11.6. The number of methoxy groups -OCH3 is 2. The molecule has 0 aliphatic carbocycles. The number of benzene rings is 2. The van der Waals surface area contributed by atoms with Gasteiger partial charge in [0.2, 0.25) is 0 Å². The molecule has 10 heteroatoms. The SMILES string of the molecule is CCc1nc2c(n1Cc1ccc(-c3ccccc3-c3nnn[nH]3)cc1)CN(CCOC)CN2CCOC. The molecule has 1 aliphatic rings. The first-order chi connectivity index (χ1) is 18.2. The first-order valence-electron chi connectivity index (χ1n) is 12.7. The number of hydrogen-bond acceptors (Lipinski definition) is 8. The number of ether oxygens (including phenoxy) is 2. The molecule has 0 amide bonds. The molecular weight excluding hydrogens is 468 g/mol. The Labute approximate surface area is 217 Å². The number of tetrazole rings is 1. The highest BCUT2D eigenvalue weighted by atomic mass is 16.5. The molecule has 2 aromatic carbocycles. The Hall–Kier alpha value is -3.60. The monoisotopic (exact) mass is 502 g/mol. The van der Waals surface area contributed by atoms with Crippen molar-refractivity contribution in [3.63, 3.8) is 0 Å². The van der Waals surface area contributed by atoms with Crippen LogP contribution in [0.3, 0.4) is 0 Å². The van der Waals surface area contributed by atoms with Crippen molar-refractivity contribution < 1.29 is 9.47 Å². The second-order valence-electron chi connectivity index (χ2n) is 9.17. The molecule has 0 saturated carbocycles. The van der Waals surface area contributed by atoms with Gasteiger partial charge in [0, 0.05) is 52.4 Å². The van der Waals surface area contributed by atoms with Gasteiger partial charge in [0.25, 0.3) is 0 Å². The van der Waals surface area contributed by atoms with E-state index in [4.69, 9.17) is 14.5 Å². The van der Waals surface area contributed by atoms with Crippen molar-refractivity contribution in [2.45, 2.75) is 26.4 Å². The fourth-order valence-corrected chi connectivity index (χ4v) is 4.89. The van der Waals surface area contributed by atoms with Gasteiger partial charge in [-0.3, -0.25) is 4.90 Å². The summed E-state index contributed by atoms with van der Waals surface area (Å²) in [4.78, 5) is 9.81. The average Bonchev–Trinajstić information content (AvgIpc) is 3.60. The first kappa shape index (κ1) is 25.1. The van der Waals surface area contributed by atoms with Crippen molar-refractivity contribution in [1.29, 1.82) is 0 Å². The van der Waals surface area contributed by atoms with E-state index in [1.165, 1.54) is 11.3 Å². The minimum Gasteiger partial charge on any atom is -0.383 e. The van der Waals surface area contributed by atoms with E-state index in [0.717, 1.165) is 67.6 Å². The Bertz CT molecular complexity index is 1290. The molecule has 4 aromatic rings. The van der Waals surface area contributed by atoms with Gasteiger partial charge in [0.1, 0.15) is 5.82 Å². The zero-order valence-electron chi connectivity index (χ0n) is 21.7. The van der Waals surface area contributed by atoms with Crippen molar-refractivity contribution in [2.75, 3.05) is 52.1 Å². The molecule has 0 spiro atoms. The van der Waals surface area contributed by atoms with E-state index in [9.17, 15) is 0 Å². The van der Waals surface area contributed by atoms with E-state index in [0.29, 0.717) is 19.0 Å². The summed E-state index contributed by atoms with van der Waals surface area (Å²) in [6, 6.07) is 16.9. The molecule has 1 N–H and O–H groups in total. The third kappa shape index (κ3) is 5.41. The molecule has 2 aromatic heterocycles. The predicted octanol–water partition coefficient (Wildman–Crippen LogP) is 3.21. The Balaban J connectivity index is 1.42. The van der Waals surface area contributed by atoms with Crippen molar-refractivity contribution in [3.8, 4) is 22.5 Å². The Morgan fingerprint density at radius 3 is 2.41 bits per heavy atom. The summed E-state index contributed by atoms with van der Waals surface area (Å²) in [6.45, 7) is 7.68. The number of aryl methyl sites for hydroxylation is 1. The average molecular weight is 503 g/mol. The number of fused-ring (bicyclic) bond motifs is 1.